The number of nitrogens with zero attached hydrogens (tertiary/aromatic N) is 6. The van der Waals surface area contributed by atoms with E-state index in [0.29, 0.717) is 0 Å². The summed E-state index contributed by atoms with van der Waals surface area (Å²) in [4.78, 5) is 39.2. The number of aromatic nitrogens is 6. The van der Waals surface area contributed by atoms with Gasteiger partial charge in [-0.3, -0.25) is 0 Å². The van der Waals surface area contributed by atoms with Crippen molar-refractivity contribution in [3.8, 4) is 10.4 Å². The molecule has 0 fully saturated rings. The second-order valence-corrected chi connectivity index (χ2v) is 69.0. The predicted molar refractivity (Wildman–Crippen MR) is 481 cm³/mol. The fourth-order valence-corrected chi connectivity index (χ4v) is 30.6. The molecule has 0 aliphatic heterocycles. The van der Waals surface area contributed by atoms with Crippen LogP contribution < -0.4 is 5.79 Å². The van der Waals surface area contributed by atoms with E-state index in [1.807, 2.05) is 22.7 Å². The van der Waals surface area contributed by atoms with Crippen molar-refractivity contribution in [1.29, 1.82) is 0 Å². The molecule has 0 saturated heterocycles. The van der Waals surface area contributed by atoms with Gasteiger partial charge in [0.25, 0.3) is 0 Å². The van der Waals surface area contributed by atoms with Crippen LogP contribution in [0.1, 0.15) is 313 Å². The Hall–Kier alpha value is -1.92. The molecule has 0 radical (unpaired) electrons. The van der Waals surface area contributed by atoms with Crippen molar-refractivity contribution >= 4 is 183 Å². The molecule has 0 aliphatic rings. The molecule has 8 heterocycles. The number of hydrogen-bond donors (Lipinski definition) is 0. The van der Waals surface area contributed by atoms with Crippen molar-refractivity contribution in [2.45, 2.75) is 362 Å². The van der Waals surface area contributed by atoms with Crippen LogP contribution in [0.2, 0.25) is 29.6 Å². The summed E-state index contributed by atoms with van der Waals surface area (Å²) in [6, 6.07) is 18.8. The molecule has 0 unspecified atom stereocenters. The Labute approximate surface area is 668 Å². The molecule has 0 spiro atoms. The summed E-state index contributed by atoms with van der Waals surface area (Å²) in [5, 5.41) is 0. The zero-order valence-electron chi connectivity index (χ0n) is 66.4. The third-order valence-electron chi connectivity index (χ3n) is 20.9. The number of aryl methyl sites for hydroxylation is 8. The van der Waals surface area contributed by atoms with Crippen LogP contribution in [0, 0.1) is 13.8 Å². The topological polar surface area (TPSA) is 61.4 Å². The van der Waals surface area contributed by atoms with E-state index < -0.39 is 36.8 Å². The third kappa shape index (κ3) is 26.1. The van der Waals surface area contributed by atoms with Gasteiger partial charge >= 0.3 is 184 Å². The van der Waals surface area contributed by atoms with Crippen LogP contribution in [0.3, 0.4) is 0 Å². The van der Waals surface area contributed by atoms with Gasteiger partial charge in [-0.25, -0.2) is 19.9 Å². The molecule has 6 nitrogen and oxygen atoms in total. The summed E-state index contributed by atoms with van der Waals surface area (Å²) in [5.41, 5.74) is 17.6. The van der Waals surface area contributed by atoms with Crippen LogP contribution in [-0.2, 0) is 38.8 Å². The molecule has 10 rings (SSSR count). The van der Waals surface area contributed by atoms with Crippen molar-refractivity contribution in [3.05, 3.63) is 90.7 Å². The van der Waals surface area contributed by atoms with Gasteiger partial charge in [-0.1, -0.05) is 215 Å². The monoisotopic (exact) mass is 1820 g/mol. The summed E-state index contributed by atoms with van der Waals surface area (Å²) in [7, 11) is 0. The first-order valence-corrected chi connectivity index (χ1v) is 66.2. The summed E-state index contributed by atoms with van der Waals surface area (Å²) >= 11 is 11.5. The van der Waals surface area contributed by atoms with E-state index in [4.69, 9.17) is 19.9 Å². The molecule has 2 aromatic carbocycles. The second kappa shape index (κ2) is 46.0. The Morgan fingerprint density at radius 3 is 1.00 bits per heavy atom. The normalized spacial score (nSPS) is 12.1. The maximum atomic E-state index is 5.54. The maximum absolute atomic E-state index is 5.54. The van der Waals surface area contributed by atoms with E-state index in [-0.39, 0.29) is 7.43 Å². The molecule has 8 aromatic heterocycles. The molecule has 0 amide bonds. The van der Waals surface area contributed by atoms with Crippen molar-refractivity contribution in [3.63, 3.8) is 0 Å². The van der Waals surface area contributed by atoms with Gasteiger partial charge in [0, 0.05) is 30.8 Å². The first-order valence-electron chi connectivity index (χ1n) is 41.4. The molecular weight excluding hydrogens is 1680 g/mol. The second-order valence-electron chi connectivity index (χ2n) is 32.0. The van der Waals surface area contributed by atoms with E-state index in [1.54, 1.807) is 26.2 Å². The SMILES string of the molecule is C.CCCCCCCCc1nc2c(Br)ccc(Br)c2nc1CCCCCCCC.CCCCCCCCc1nc2c(C)ccc(-c3cc4c(s3)c3sc(C)cc3n4CCCCCCCC)c2nc1CCCCCCCC.CCCCCCCCn1c2c[c]([Sn]([CH3])([CH3])[CH3])sc2c2s[c]([Sn]([CH3])([CH3])[CH3])cc21. The van der Waals surface area contributed by atoms with E-state index in [2.05, 4.69) is 197 Å². The van der Waals surface area contributed by atoms with E-state index in [9.17, 15) is 0 Å². The van der Waals surface area contributed by atoms with E-state index in [1.165, 1.54) is 302 Å². The Morgan fingerprint density at radius 2 is 0.631 bits per heavy atom. The Bertz CT molecular complexity index is 3990. The standard InChI is InChI=1S/C42H61N3S2.C24H36Br2N2.C16H19NS2.CH4.6CH3.2Sn/c1-6-9-12-15-18-21-24-34-35(25-22-19-16-13-10-7-2)44-40-33(27-26-31(4)39(40)43-34)38-30-37-42(47-38)41-36(29-32(5)46-41)45(37)28-23-20-17-14-11-8-3;1-3-5-7-9-11-13-15-21-22(16-14-12-10-8-6-4-2)28-24-20(26)18-17-19(25)23(24)27-21;1-2-3-4-5-6-7-10-17-13-8-11-18-15(13)16-14(17)9-12-19-16;;;;;;;;;/h26-27,29-30H,6-25,28H2,1-5H3;17-18H,3-16H2,1-2H3;8-9H,2-7,10H2,1H3;1H4;6*1H3;;. The number of halogens is 2. The quantitative estimate of drug-likeness (QED) is 0.0282. The van der Waals surface area contributed by atoms with Crippen LogP contribution >= 0.6 is 77.2 Å². The number of fused-ring (bicyclic) bond motifs is 8. The Morgan fingerprint density at radius 1 is 0.330 bits per heavy atom. The fraction of sp³-hybridized carbons (Fsp3) is 0.640. The number of rotatable bonds is 45. The fourth-order valence-electron chi connectivity index (χ4n) is 14.6. The first kappa shape index (κ1) is 88.3. The third-order valence-corrected chi connectivity index (χ3v) is 45.8. The predicted octanol–water partition coefficient (Wildman–Crippen LogP) is 31.3. The number of hydrogen-bond acceptors (Lipinski definition) is 8. The molecule has 0 bridgehead atoms. The van der Waals surface area contributed by atoms with Crippen LogP contribution in [0.4, 0.5) is 0 Å². The van der Waals surface area contributed by atoms with Gasteiger partial charge in [-0.15, -0.1) is 22.7 Å². The Balaban J connectivity index is 0.000000229. The van der Waals surface area contributed by atoms with E-state index >= 15 is 0 Å². The minimum atomic E-state index is -2.01. The molecule has 10 aromatic rings. The van der Waals surface area contributed by atoms with Gasteiger partial charge in [0.1, 0.15) is 11.0 Å². The van der Waals surface area contributed by atoms with E-state index in [0.717, 1.165) is 63.2 Å². The molecule has 0 saturated carbocycles. The molecule has 0 aliphatic carbocycles. The molecule has 14 heteroatoms. The average molecular weight is 1820 g/mol. The van der Waals surface area contributed by atoms with Gasteiger partial charge in [0.2, 0.25) is 0 Å². The van der Waals surface area contributed by atoms with Gasteiger partial charge in [0.15, 0.2) is 0 Å². The van der Waals surface area contributed by atoms with Gasteiger partial charge in [-0.2, -0.15) is 0 Å². The average Bonchev–Trinajstić information content (AvgIpc) is 1.59. The molecule has 570 valence electrons. The summed E-state index contributed by atoms with van der Waals surface area (Å²) in [6.45, 7) is 20.5. The summed E-state index contributed by atoms with van der Waals surface area (Å²) in [6.07, 6.45) is 52.0. The Kier molecular flexibility index (Phi) is 39.5. The zero-order chi connectivity index (χ0) is 73.0. The molecule has 0 N–H and O–H groups in total. The van der Waals surface area contributed by atoms with Gasteiger partial charge < -0.3 is 4.57 Å². The number of benzene rings is 2. The van der Waals surface area contributed by atoms with Crippen molar-refractivity contribution in [2.24, 2.45) is 0 Å². The van der Waals surface area contributed by atoms with Crippen LogP contribution in [0.25, 0.3) is 73.4 Å². The van der Waals surface area contributed by atoms with Crippen molar-refractivity contribution in [1.82, 2.24) is 29.1 Å². The van der Waals surface area contributed by atoms with Gasteiger partial charge in [0.05, 0.1) is 54.2 Å². The van der Waals surface area contributed by atoms with Gasteiger partial charge in [-0.05, 0) is 133 Å². The zero-order valence-corrected chi connectivity index (χ0v) is 78.5. The first-order chi connectivity index (χ1) is 49.3. The van der Waals surface area contributed by atoms with Crippen molar-refractivity contribution in [2.75, 3.05) is 0 Å². The van der Waals surface area contributed by atoms with Crippen molar-refractivity contribution < 1.29 is 0 Å². The number of thiophene rings is 4. The summed E-state index contributed by atoms with van der Waals surface area (Å²) < 4.78 is 17.0. The molecular formula is C89H138Br2N6S4Sn2. The van der Waals surface area contributed by atoms with Crippen LogP contribution in [0.5, 0.6) is 0 Å². The summed E-state index contributed by atoms with van der Waals surface area (Å²) in [5.74, 6) is 0. The minimum absolute atomic E-state index is 0. The van der Waals surface area contributed by atoms with Crippen LogP contribution in [-0.4, -0.2) is 65.8 Å². The molecule has 103 heavy (non-hydrogen) atoms. The molecule has 0 atom stereocenters. The van der Waals surface area contributed by atoms with Crippen LogP contribution in [0.15, 0.2) is 57.5 Å². The number of unbranched alkanes of at least 4 members (excludes halogenated alkanes) is 30.